The lowest BCUT2D eigenvalue weighted by molar-refractivity contribution is -0.0984. The van der Waals surface area contributed by atoms with Gasteiger partial charge in [-0.2, -0.15) is 0 Å². The molecule has 1 heterocycles. The number of hydrogen-bond donors (Lipinski definition) is 2. The van der Waals surface area contributed by atoms with Crippen LogP contribution in [0.5, 0.6) is 0 Å². The number of aliphatic hydroxyl groups is 1. The van der Waals surface area contributed by atoms with Crippen molar-refractivity contribution in [2.24, 2.45) is 11.7 Å². The zero-order valence-electron chi connectivity index (χ0n) is 11.0. The van der Waals surface area contributed by atoms with Crippen LogP contribution in [-0.4, -0.2) is 38.1 Å². The molecule has 1 aromatic rings. The number of nitrogens with two attached hydrogens (primary N) is 1. The van der Waals surface area contributed by atoms with Gasteiger partial charge in [0.15, 0.2) is 0 Å². The van der Waals surface area contributed by atoms with E-state index >= 15 is 0 Å². The van der Waals surface area contributed by atoms with Gasteiger partial charge in [-0.15, -0.1) is 0 Å². The van der Waals surface area contributed by atoms with Crippen molar-refractivity contribution in [3.05, 3.63) is 35.6 Å². The molecule has 3 N–H and O–H groups in total. The number of hydrogen-bond acceptors (Lipinski definition) is 4. The number of benzene rings is 1. The molecule has 0 aliphatic carbocycles. The van der Waals surface area contributed by atoms with Crippen molar-refractivity contribution in [2.45, 2.75) is 18.1 Å². The molecule has 0 bridgehead atoms. The van der Waals surface area contributed by atoms with E-state index in [1.165, 1.54) is 6.07 Å². The molecule has 1 aromatic carbocycles. The third kappa shape index (κ3) is 2.79. The van der Waals surface area contributed by atoms with Gasteiger partial charge in [0.25, 0.3) is 0 Å². The molecule has 19 heavy (non-hydrogen) atoms. The van der Waals surface area contributed by atoms with Crippen LogP contribution in [0.15, 0.2) is 24.3 Å². The number of ether oxygens (including phenoxy) is 2. The van der Waals surface area contributed by atoms with Crippen molar-refractivity contribution in [2.75, 3.05) is 26.9 Å². The van der Waals surface area contributed by atoms with Crippen molar-refractivity contribution in [3.8, 4) is 0 Å². The summed E-state index contributed by atoms with van der Waals surface area (Å²) in [6.07, 6.45) is 0.445. The van der Waals surface area contributed by atoms with Gasteiger partial charge in [-0.05, 0) is 12.5 Å². The monoisotopic (exact) mass is 269 g/mol. The Balaban J connectivity index is 2.25. The van der Waals surface area contributed by atoms with E-state index < -0.39 is 5.54 Å². The summed E-state index contributed by atoms with van der Waals surface area (Å²) >= 11 is 0. The molecule has 4 nitrogen and oxygen atoms in total. The average Bonchev–Trinajstić information content (AvgIpc) is 2.41. The minimum atomic E-state index is -0.996. The molecule has 106 valence electrons. The number of methoxy groups -OCH3 is 1. The van der Waals surface area contributed by atoms with Gasteiger partial charge in [0, 0.05) is 25.2 Å². The highest BCUT2D eigenvalue weighted by Gasteiger charge is 2.43. The SMILES string of the molecule is COC[C@H]1C[C@@H](CO)[C@](N)(c2ccccc2F)CO1. The van der Waals surface area contributed by atoms with Crippen LogP contribution < -0.4 is 5.73 Å². The van der Waals surface area contributed by atoms with E-state index in [-0.39, 0.29) is 31.1 Å². The second-order valence-corrected chi connectivity index (χ2v) is 5.02. The molecule has 0 saturated carbocycles. The zero-order chi connectivity index (χ0) is 13.9. The van der Waals surface area contributed by atoms with Crippen LogP contribution in [0.2, 0.25) is 0 Å². The van der Waals surface area contributed by atoms with Crippen LogP contribution in [0.4, 0.5) is 4.39 Å². The summed E-state index contributed by atoms with van der Waals surface area (Å²) in [5.74, 6) is -0.615. The fraction of sp³-hybridized carbons (Fsp3) is 0.571. The van der Waals surface area contributed by atoms with Crippen LogP contribution in [-0.2, 0) is 15.0 Å². The van der Waals surface area contributed by atoms with Crippen molar-refractivity contribution < 1.29 is 19.0 Å². The van der Waals surface area contributed by atoms with E-state index in [1.807, 2.05) is 0 Å². The first-order valence-electron chi connectivity index (χ1n) is 6.37. The standard InChI is InChI=1S/C14H20FNO3/c1-18-8-11-6-10(7-17)14(16,9-19-11)12-4-2-3-5-13(12)15/h2-5,10-11,17H,6-9,16H2,1H3/t10-,11+,14-/m0/s1. The van der Waals surface area contributed by atoms with E-state index in [0.717, 1.165) is 0 Å². The molecule has 0 radical (unpaired) electrons. The first-order chi connectivity index (χ1) is 9.11. The smallest absolute Gasteiger partial charge is 0.128 e. The predicted molar refractivity (Wildman–Crippen MR) is 69.1 cm³/mol. The molecule has 1 saturated heterocycles. The summed E-state index contributed by atoms with van der Waals surface area (Å²) in [6, 6.07) is 6.38. The molecule has 0 aromatic heterocycles. The summed E-state index contributed by atoms with van der Waals surface area (Å²) in [4.78, 5) is 0. The Kier molecular flexibility index (Phi) is 4.52. The Bertz CT molecular complexity index is 429. The van der Waals surface area contributed by atoms with Gasteiger partial charge in [-0.1, -0.05) is 18.2 Å². The van der Waals surface area contributed by atoms with E-state index in [0.29, 0.717) is 18.6 Å². The molecule has 1 fully saturated rings. The predicted octanol–water partition coefficient (Wildman–Crippen LogP) is 1.02. The van der Waals surface area contributed by atoms with Crippen molar-refractivity contribution in [3.63, 3.8) is 0 Å². The highest BCUT2D eigenvalue weighted by molar-refractivity contribution is 5.28. The summed E-state index contributed by atoms with van der Waals surface area (Å²) in [7, 11) is 1.60. The van der Waals surface area contributed by atoms with Gasteiger partial charge in [-0.25, -0.2) is 4.39 Å². The van der Waals surface area contributed by atoms with Gasteiger partial charge in [-0.3, -0.25) is 0 Å². The van der Waals surface area contributed by atoms with E-state index in [9.17, 15) is 9.50 Å². The third-order valence-corrected chi connectivity index (χ3v) is 3.78. The minimum Gasteiger partial charge on any atom is -0.396 e. The van der Waals surface area contributed by atoms with Gasteiger partial charge < -0.3 is 20.3 Å². The Labute approximate surface area is 112 Å². The summed E-state index contributed by atoms with van der Waals surface area (Å²) < 4.78 is 24.6. The highest BCUT2D eigenvalue weighted by Crippen LogP contribution is 2.36. The quantitative estimate of drug-likeness (QED) is 0.856. The Morgan fingerprint density at radius 1 is 1.53 bits per heavy atom. The van der Waals surface area contributed by atoms with Gasteiger partial charge in [0.1, 0.15) is 5.82 Å². The van der Waals surface area contributed by atoms with E-state index in [1.54, 1.807) is 25.3 Å². The normalized spacial score (nSPS) is 31.4. The molecule has 5 heteroatoms. The molecule has 1 aliphatic heterocycles. The summed E-state index contributed by atoms with van der Waals surface area (Å²) in [5, 5.41) is 9.57. The summed E-state index contributed by atoms with van der Waals surface area (Å²) in [6.45, 7) is 0.519. The zero-order valence-corrected chi connectivity index (χ0v) is 11.0. The van der Waals surface area contributed by atoms with Gasteiger partial charge >= 0.3 is 0 Å². The van der Waals surface area contributed by atoms with Gasteiger partial charge in [0.05, 0.1) is 24.9 Å². The second kappa shape index (κ2) is 5.96. The molecule has 2 rings (SSSR count). The van der Waals surface area contributed by atoms with Crippen LogP contribution in [0.3, 0.4) is 0 Å². The van der Waals surface area contributed by atoms with Crippen LogP contribution in [0.25, 0.3) is 0 Å². The molecular formula is C14H20FNO3. The van der Waals surface area contributed by atoms with Gasteiger partial charge in [0.2, 0.25) is 0 Å². The minimum absolute atomic E-state index is 0.103. The molecular weight excluding hydrogens is 249 g/mol. The molecule has 3 atom stereocenters. The number of rotatable bonds is 4. The topological polar surface area (TPSA) is 64.7 Å². The first kappa shape index (κ1) is 14.4. The Morgan fingerprint density at radius 2 is 2.26 bits per heavy atom. The first-order valence-corrected chi connectivity index (χ1v) is 6.37. The molecule has 1 aliphatic rings. The number of halogens is 1. The van der Waals surface area contributed by atoms with Crippen molar-refractivity contribution in [1.82, 2.24) is 0 Å². The maximum Gasteiger partial charge on any atom is 0.128 e. The summed E-state index contributed by atoms with van der Waals surface area (Å²) in [5.41, 5.74) is 5.73. The maximum atomic E-state index is 13.9. The van der Waals surface area contributed by atoms with Crippen LogP contribution in [0.1, 0.15) is 12.0 Å². The Hall–Kier alpha value is -1.01. The largest absolute Gasteiger partial charge is 0.396 e. The molecule has 0 unspecified atom stereocenters. The fourth-order valence-corrected chi connectivity index (χ4v) is 2.65. The molecule has 0 amide bonds. The third-order valence-electron chi connectivity index (χ3n) is 3.78. The van der Waals surface area contributed by atoms with E-state index in [2.05, 4.69) is 0 Å². The van der Waals surface area contributed by atoms with Crippen molar-refractivity contribution in [1.29, 1.82) is 0 Å². The lowest BCUT2D eigenvalue weighted by atomic mass is 9.75. The second-order valence-electron chi connectivity index (χ2n) is 5.02. The van der Waals surface area contributed by atoms with Crippen LogP contribution >= 0.6 is 0 Å². The molecule has 0 spiro atoms. The van der Waals surface area contributed by atoms with Crippen LogP contribution in [0, 0.1) is 11.7 Å². The maximum absolute atomic E-state index is 13.9. The number of aliphatic hydroxyl groups excluding tert-OH is 1. The Morgan fingerprint density at radius 3 is 2.89 bits per heavy atom. The fourth-order valence-electron chi connectivity index (χ4n) is 2.65. The van der Waals surface area contributed by atoms with Crippen molar-refractivity contribution >= 4 is 0 Å². The van der Waals surface area contributed by atoms with E-state index in [4.69, 9.17) is 15.2 Å². The highest BCUT2D eigenvalue weighted by atomic mass is 19.1. The lowest BCUT2D eigenvalue weighted by Gasteiger charge is -2.43. The lowest BCUT2D eigenvalue weighted by Crippen LogP contribution is -2.55. The average molecular weight is 269 g/mol.